The quantitative estimate of drug-likeness (QED) is 0.474. The molecule has 0 aromatic carbocycles. The van der Waals surface area contributed by atoms with Crippen LogP contribution in [0.1, 0.15) is 13.8 Å². The Morgan fingerprint density at radius 1 is 1.44 bits per heavy atom. The number of aliphatic hydroxyl groups is 1. The molecule has 4 N–H and O–H groups in total. The highest BCUT2D eigenvalue weighted by Gasteiger charge is 1.95. The van der Waals surface area contributed by atoms with Crippen LogP contribution < -0.4 is 11.1 Å². The van der Waals surface area contributed by atoms with E-state index in [0.717, 1.165) is 6.54 Å². The number of hydrogen-bond donors (Lipinski definition) is 3. The van der Waals surface area contributed by atoms with E-state index < -0.39 is 0 Å². The summed E-state index contributed by atoms with van der Waals surface area (Å²) in [4.78, 5) is 0. The molecular weight excluding hydrogens is 116 g/mol. The Bertz CT molecular complexity index is 56.1. The SMILES string of the molecule is CC(N)CNCC(C)O. The van der Waals surface area contributed by atoms with E-state index >= 15 is 0 Å². The van der Waals surface area contributed by atoms with Crippen molar-refractivity contribution in [3.63, 3.8) is 0 Å². The second kappa shape index (κ2) is 4.73. The van der Waals surface area contributed by atoms with Crippen LogP contribution >= 0.6 is 0 Å². The molecular formula is C6H16N2O. The molecule has 0 aliphatic carbocycles. The summed E-state index contributed by atoms with van der Waals surface area (Å²) in [6.45, 7) is 5.07. The molecule has 0 saturated heterocycles. The molecule has 0 heterocycles. The van der Waals surface area contributed by atoms with Gasteiger partial charge >= 0.3 is 0 Å². The van der Waals surface area contributed by atoms with Gasteiger partial charge in [-0.15, -0.1) is 0 Å². The topological polar surface area (TPSA) is 58.3 Å². The van der Waals surface area contributed by atoms with Gasteiger partial charge in [0.25, 0.3) is 0 Å². The van der Waals surface area contributed by atoms with Gasteiger partial charge in [0.15, 0.2) is 0 Å². The number of aliphatic hydroxyl groups excluding tert-OH is 1. The number of hydrogen-bond acceptors (Lipinski definition) is 3. The maximum Gasteiger partial charge on any atom is 0.0636 e. The van der Waals surface area contributed by atoms with Gasteiger partial charge < -0.3 is 16.2 Å². The van der Waals surface area contributed by atoms with Crippen LogP contribution in [0.25, 0.3) is 0 Å². The third kappa shape index (κ3) is 7.88. The van der Waals surface area contributed by atoms with Crippen LogP contribution in [0.3, 0.4) is 0 Å². The highest BCUT2D eigenvalue weighted by atomic mass is 16.3. The Morgan fingerprint density at radius 3 is 2.33 bits per heavy atom. The molecule has 0 aromatic rings. The normalized spacial score (nSPS) is 17.3. The summed E-state index contributed by atoms with van der Waals surface area (Å²) in [5.41, 5.74) is 5.43. The average Bonchev–Trinajstić information content (AvgIpc) is 1.63. The van der Waals surface area contributed by atoms with Gasteiger partial charge in [0.1, 0.15) is 0 Å². The maximum atomic E-state index is 8.76. The van der Waals surface area contributed by atoms with Crippen molar-refractivity contribution in [3.05, 3.63) is 0 Å². The molecule has 0 radical (unpaired) electrons. The molecule has 9 heavy (non-hydrogen) atoms. The fourth-order valence-electron chi connectivity index (χ4n) is 0.520. The van der Waals surface area contributed by atoms with Gasteiger partial charge in [-0.25, -0.2) is 0 Å². The molecule has 2 atom stereocenters. The fraction of sp³-hybridized carbons (Fsp3) is 1.00. The van der Waals surface area contributed by atoms with E-state index in [1.807, 2.05) is 6.92 Å². The molecule has 0 spiro atoms. The van der Waals surface area contributed by atoms with Crippen molar-refractivity contribution in [2.45, 2.75) is 26.0 Å². The lowest BCUT2D eigenvalue weighted by atomic mass is 10.3. The Kier molecular flexibility index (Phi) is 4.67. The largest absolute Gasteiger partial charge is 0.392 e. The minimum absolute atomic E-state index is 0.170. The van der Waals surface area contributed by atoms with E-state index in [0.29, 0.717) is 6.54 Å². The lowest BCUT2D eigenvalue weighted by Gasteiger charge is -2.08. The fourth-order valence-corrected chi connectivity index (χ4v) is 0.520. The van der Waals surface area contributed by atoms with Gasteiger partial charge in [0.2, 0.25) is 0 Å². The lowest BCUT2D eigenvalue weighted by molar-refractivity contribution is 0.191. The molecule has 0 bridgehead atoms. The number of rotatable bonds is 4. The molecule has 2 unspecified atom stereocenters. The Balaban J connectivity index is 2.91. The van der Waals surface area contributed by atoms with Crippen LogP contribution in [0.15, 0.2) is 0 Å². The first-order valence-electron chi connectivity index (χ1n) is 3.27. The minimum atomic E-state index is -0.274. The van der Waals surface area contributed by atoms with Gasteiger partial charge in [0, 0.05) is 19.1 Å². The van der Waals surface area contributed by atoms with Crippen LogP contribution in [0.2, 0.25) is 0 Å². The van der Waals surface area contributed by atoms with E-state index in [9.17, 15) is 0 Å². The minimum Gasteiger partial charge on any atom is -0.392 e. The third-order valence-corrected chi connectivity index (χ3v) is 0.906. The van der Waals surface area contributed by atoms with E-state index in [4.69, 9.17) is 10.8 Å². The van der Waals surface area contributed by atoms with Gasteiger partial charge in [-0.05, 0) is 13.8 Å². The Hall–Kier alpha value is -0.120. The predicted octanol–water partition coefficient (Wildman–Crippen LogP) is -0.696. The highest BCUT2D eigenvalue weighted by Crippen LogP contribution is 1.75. The average molecular weight is 132 g/mol. The zero-order valence-corrected chi connectivity index (χ0v) is 6.09. The van der Waals surface area contributed by atoms with Crippen molar-refractivity contribution in [3.8, 4) is 0 Å². The van der Waals surface area contributed by atoms with Gasteiger partial charge in [-0.1, -0.05) is 0 Å². The van der Waals surface area contributed by atoms with E-state index in [1.165, 1.54) is 0 Å². The van der Waals surface area contributed by atoms with Crippen LogP contribution in [0.4, 0.5) is 0 Å². The van der Waals surface area contributed by atoms with Crippen molar-refractivity contribution in [1.82, 2.24) is 5.32 Å². The molecule has 0 saturated carbocycles. The van der Waals surface area contributed by atoms with Crippen molar-refractivity contribution in [1.29, 1.82) is 0 Å². The zero-order valence-electron chi connectivity index (χ0n) is 6.09. The van der Waals surface area contributed by atoms with Crippen molar-refractivity contribution >= 4 is 0 Å². The molecule has 0 amide bonds. The summed E-state index contributed by atoms with van der Waals surface area (Å²) in [5, 5.41) is 11.8. The monoisotopic (exact) mass is 132 g/mol. The molecule has 3 heteroatoms. The zero-order chi connectivity index (χ0) is 7.28. The van der Waals surface area contributed by atoms with Crippen molar-refractivity contribution in [2.75, 3.05) is 13.1 Å². The van der Waals surface area contributed by atoms with E-state index in [2.05, 4.69) is 5.32 Å². The summed E-state index contributed by atoms with van der Waals surface area (Å²) in [7, 11) is 0. The van der Waals surface area contributed by atoms with Gasteiger partial charge in [-0.3, -0.25) is 0 Å². The van der Waals surface area contributed by atoms with Crippen LogP contribution in [0, 0.1) is 0 Å². The number of nitrogens with two attached hydrogens (primary N) is 1. The standard InChI is InChI=1S/C6H16N2O/c1-5(7)3-8-4-6(2)9/h5-6,8-9H,3-4,7H2,1-2H3. The summed E-state index contributed by atoms with van der Waals surface area (Å²) < 4.78 is 0. The highest BCUT2D eigenvalue weighted by molar-refractivity contribution is 4.58. The molecule has 0 fully saturated rings. The lowest BCUT2D eigenvalue weighted by Crippen LogP contribution is -2.34. The molecule has 3 nitrogen and oxygen atoms in total. The van der Waals surface area contributed by atoms with Crippen LogP contribution in [0.5, 0.6) is 0 Å². The first-order chi connectivity index (χ1) is 4.13. The molecule has 0 aliphatic heterocycles. The Morgan fingerprint density at radius 2 is 2.00 bits per heavy atom. The van der Waals surface area contributed by atoms with Crippen LogP contribution in [-0.4, -0.2) is 30.3 Å². The summed E-state index contributed by atoms with van der Waals surface area (Å²) in [6.07, 6.45) is -0.274. The van der Waals surface area contributed by atoms with E-state index in [-0.39, 0.29) is 12.1 Å². The second-order valence-corrected chi connectivity index (χ2v) is 2.48. The maximum absolute atomic E-state index is 8.76. The summed E-state index contributed by atoms with van der Waals surface area (Å²) in [6, 6.07) is 0.170. The molecule has 56 valence electrons. The van der Waals surface area contributed by atoms with Gasteiger partial charge in [0.05, 0.1) is 6.10 Å². The Labute approximate surface area is 56.2 Å². The van der Waals surface area contributed by atoms with Crippen molar-refractivity contribution in [2.24, 2.45) is 5.73 Å². The summed E-state index contributed by atoms with van der Waals surface area (Å²) in [5.74, 6) is 0. The van der Waals surface area contributed by atoms with E-state index in [1.54, 1.807) is 6.92 Å². The van der Waals surface area contributed by atoms with Crippen LogP contribution in [-0.2, 0) is 0 Å². The third-order valence-electron chi connectivity index (χ3n) is 0.906. The number of nitrogens with one attached hydrogen (secondary N) is 1. The smallest absolute Gasteiger partial charge is 0.0636 e. The van der Waals surface area contributed by atoms with Gasteiger partial charge in [-0.2, -0.15) is 0 Å². The molecule has 0 aliphatic rings. The molecule has 0 aromatic heterocycles. The van der Waals surface area contributed by atoms with Crippen molar-refractivity contribution < 1.29 is 5.11 Å². The summed E-state index contributed by atoms with van der Waals surface area (Å²) >= 11 is 0. The first-order valence-corrected chi connectivity index (χ1v) is 3.27. The second-order valence-electron chi connectivity index (χ2n) is 2.48. The molecule has 0 rings (SSSR count). The predicted molar refractivity (Wildman–Crippen MR) is 38.2 cm³/mol. The first kappa shape index (κ1) is 8.88.